The number of allylic oxidation sites excluding steroid dienone is 1. The van der Waals surface area contributed by atoms with E-state index >= 15 is 0 Å². The lowest BCUT2D eigenvalue weighted by Crippen LogP contribution is -2.45. The quantitative estimate of drug-likeness (QED) is 0.346. The minimum absolute atomic E-state index is 0.246. The third kappa shape index (κ3) is 4.68. The van der Waals surface area contributed by atoms with Gasteiger partial charge in [-0.25, -0.2) is 9.18 Å². The summed E-state index contributed by atoms with van der Waals surface area (Å²) in [5.74, 6) is 0.232. The number of hydrogen-bond donors (Lipinski definition) is 1. The molecule has 3 aromatic carbocycles. The molecule has 0 bridgehead atoms. The minimum atomic E-state index is -0.661. The number of urea groups is 1. The van der Waals surface area contributed by atoms with Crippen LogP contribution in [0.25, 0.3) is 17.0 Å². The van der Waals surface area contributed by atoms with Crippen molar-refractivity contribution in [3.8, 4) is 11.4 Å². The van der Waals surface area contributed by atoms with Crippen LogP contribution in [0, 0.1) is 12.7 Å². The number of benzene rings is 3. The zero-order valence-electron chi connectivity index (χ0n) is 19.1. The van der Waals surface area contributed by atoms with Crippen molar-refractivity contribution in [3.63, 3.8) is 0 Å². The fraction of sp³-hybridized carbons (Fsp3) is 0.148. The number of nitrogens with one attached hydrogen (secondary N) is 1. The topological polar surface area (TPSA) is 71.3 Å². The summed E-state index contributed by atoms with van der Waals surface area (Å²) in [4.78, 5) is 19.4. The average molecular weight is 489 g/mol. The number of hydrogen-bond acceptors (Lipinski definition) is 4. The van der Waals surface area contributed by atoms with Crippen molar-refractivity contribution in [1.29, 1.82) is 0 Å². The number of carbonyl (C=O) groups is 1. The smallest absolute Gasteiger partial charge is 0.322 e. The second-order valence-electron chi connectivity index (χ2n) is 8.44. The molecular formula is C27H22ClFN4O2. The van der Waals surface area contributed by atoms with Gasteiger partial charge in [0.05, 0.1) is 18.2 Å². The molecule has 1 aromatic heterocycles. The van der Waals surface area contributed by atoms with Crippen molar-refractivity contribution in [2.24, 2.45) is 0 Å². The molecule has 0 radical (unpaired) electrons. The van der Waals surface area contributed by atoms with Crippen LogP contribution in [0.1, 0.15) is 35.5 Å². The first-order chi connectivity index (χ1) is 16.9. The third-order valence-corrected chi connectivity index (χ3v) is 6.25. The third-order valence-electron chi connectivity index (χ3n) is 6.00. The maximum atomic E-state index is 14.1. The lowest BCUT2D eigenvalue weighted by Gasteiger charge is -2.35. The van der Waals surface area contributed by atoms with Crippen molar-refractivity contribution in [2.45, 2.75) is 26.4 Å². The van der Waals surface area contributed by atoms with E-state index in [0.717, 1.165) is 16.7 Å². The predicted molar refractivity (Wildman–Crippen MR) is 132 cm³/mol. The van der Waals surface area contributed by atoms with Gasteiger partial charge in [-0.1, -0.05) is 58.7 Å². The molecule has 1 aliphatic rings. The van der Waals surface area contributed by atoms with Gasteiger partial charge in [-0.05, 0) is 61.4 Å². The Labute approximate surface area is 207 Å². The van der Waals surface area contributed by atoms with Gasteiger partial charge < -0.3 is 9.84 Å². The molecule has 2 heterocycles. The molecule has 0 saturated carbocycles. The highest BCUT2D eigenvalue weighted by Crippen LogP contribution is 2.38. The van der Waals surface area contributed by atoms with E-state index in [9.17, 15) is 9.18 Å². The molecular weight excluding hydrogens is 467 g/mol. The predicted octanol–water partition coefficient (Wildman–Crippen LogP) is 6.54. The van der Waals surface area contributed by atoms with Gasteiger partial charge in [-0.2, -0.15) is 4.98 Å². The molecule has 1 N–H and O–H groups in total. The van der Waals surface area contributed by atoms with Crippen molar-refractivity contribution in [2.75, 3.05) is 0 Å². The zero-order valence-corrected chi connectivity index (χ0v) is 19.9. The summed E-state index contributed by atoms with van der Waals surface area (Å²) in [6.45, 7) is 4.20. The fourth-order valence-electron chi connectivity index (χ4n) is 4.11. The Kier molecular flexibility index (Phi) is 6.09. The standard InChI is InChI=1S/C27H22ClFN4O2/c1-16-6-8-18(9-7-16)15-33-17(2)23(24(30-27(33)34)20-4-3-5-22(29)14-20)26-31-25(32-35-26)19-10-12-21(28)13-11-19/h3-14,24H,15H2,1-2H3,(H,30,34). The number of aromatic nitrogens is 2. The first kappa shape index (κ1) is 22.8. The summed E-state index contributed by atoms with van der Waals surface area (Å²) < 4.78 is 19.8. The Hall–Kier alpha value is -3.97. The Balaban J connectivity index is 1.59. The molecule has 35 heavy (non-hydrogen) atoms. The summed E-state index contributed by atoms with van der Waals surface area (Å²) in [5.41, 5.74) is 4.68. The normalized spacial score (nSPS) is 15.9. The van der Waals surface area contributed by atoms with Gasteiger partial charge in [0.25, 0.3) is 5.89 Å². The van der Waals surface area contributed by atoms with Crippen LogP contribution in [0.15, 0.2) is 83.0 Å². The lowest BCUT2D eigenvalue weighted by atomic mass is 9.94. The van der Waals surface area contributed by atoms with Crippen LogP contribution in [0.4, 0.5) is 9.18 Å². The number of rotatable bonds is 5. The molecule has 176 valence electrons. The van der Waals surface area contributed by atoms with E-state index in [1.165, 1.54) is 12.1 Å². The van der Waals surface area contributed by atoms with E-state index in [1.54, 1.807) is 41.3 Å². The second-order valence-corrected chi connectivity index (χ2v) is 8.87. The fourth-order valence-corrected chi connectivity index (χ4v) is 4.24. The number of aryl methyl sites for hydroxylation is 1. The summed E-state index contributed by atoms with van der Waals surface area (Å²) in [6.07, 6.45) is 0. The van der Waals surface area contributed by atoms with Crippen LogP contribution in [0.2, 0.25) is 5.02 Å². The van der Waals surface area contributed by atoms with Crippen LogP contribution in [0.5, 0.6) is 0 Å². The maximum absolute atomic E-state index is 14.1. The Morgan fingerprint density at radius 2 is 1.80 bits per heavy atom. The first-order valence-electron chi connectivity index (χ1n) is 11.1. The molecule has 1 aliphatic heterocycles. The summed E-state index contributed by atoms with van der Waals surface area (Å²) in [7, 11) is 0. The molecule has 4 aromatic rings. The number of halogens is 2. The van der Waals surface area contributed by atoms with Crippen molar-refractivity contribution < 1.29 is 13.7 Å². The average Bonchev–Trinajstić information content (AvgIpc) is 3.33. The maximum Gasteiger partial charge on any atom is 0.322 e. The van der Waals surface area contributed by atoms with Crippen LogP contribution in [-0.4, -0.2) is 21.1 Å². The van der Waals surface area contributed by atoms with Gasteiger partial charge in [0.1, 0.15) is 5.82 Å². The molecule has 8 heteroatoms. The van der Waals surface area contributed by atoms with Gasteiger partial charge in [0.15, 0.2) is 0 Å². The Bertz CT molecular complexity index is 1410. The summed E-state index contributed by atoms with van der Waals surface area (Å²) >= 11 is 6.00. The van der Waals surface area contributed by atoms with E-state index in [4.69, 9.17) is 16.1 Å². The van der Waals surface area contributed by atoms with Gasteiger partial charge in [-0.15, -0.1) is 0 Å². The second kappa shape index (κ2) is 9.35. The van der Waals surface area contributed by atoms with E-state index in [-0.39, 0.29) is 11.9 Å². The number of carbonyl (C=O) groups excluding carboxylic acids is 1. The SMILES string of the molecule is CC1=C(c2nc(-c3ccc(Cl)cc3)no2)C(c2cccc(F)c2)NC(=O)N1Cc1ccc(C)cc1. The molecule has 0 aliphatic carbocycles. The minimum Gasteiger partial charge on any atom is -0.334 e. The van der Waals surface area contributed by atoms with E-state index < -0.39 is 11.9 Å². The van der Waals surface area contributed by atoms with Gasteiger partial charge in [0, 0.05) is 16.3 Å². The highest BCUT2D eigenvalue weighted by atomic mass is 35.5. The van der Waals surface area contributed by atoms with E-state index in [2.05, 4.69) is 15.5 Å². The van der Waals surface area contributed by atoms with Crippen LogP contribution < -0.4 is 5.32 Å². The van der Waals surface area contributed by atoms with Crippen LogP contribution in [0.3, 0.4) is 0 Å². The molecule has 6 nitrogen and oxygen atoms in total. The molecule has 1 atom stereocenters. The highest BCUT2D eigenvalue weighted by Gasteiger charge is 2.36. The summed E-state index contributed by atoms with van der Waals surface area (Å²) in [5, 5.41) is 7.74. The van der Waals surface area contributed by atoms with Crippen molar-refractivity contribution in [3.05, 3.63) is 112 Å². The van der Waals surface area contributed by atoms with E-state index in [0.29, 0.717) is 34.2 Å². The summed E-state index contributed by atoms with van der Waals surface area (Å²) in [6, 6.07) is 20.2. The Morgan fingerprint density at radius 3 is 2.51 bits per heavy atom. The molecule has 0 fully saturated rings. The highest BCUT2D eigenvalue weighted by molar-refractivity contribution is 6.30. The molecule has 0 saturated heterocycles. The van der Waals surface area contributed by atoms with Crippen LogP contribution >= 0.6 is 11.6 Å². The Morgan fingerprint density at radius 1 is 1.06 bits per heavy atom. The number of amides is 2. The van der Waals surface area contributed by atoms with Gasteiger partial charge >= 0.3 is 6.03 Å². The van der Waals surface area contributed by atoms with Crippen molar-refractivity contribution in [1.82, 2.24) is 20.4 Å². The number of nitrogens with zero attached hydrogens (tertiary/aromatic N) is 3. The lowest BCUT2D eigenvalue weighted by molar-refractivity contribution is 0.203. The molecule has 2 amide bonds. The molecule has 0 spiro atoms. The van der Waals surface area contributed by atoms with Gasteiger partial charge in [-0.3, -0.25) is 4.90 Å². The first-order valence-corrected chi connectivity index (χ1v) is 11.5. The van der Waals surface area contributed by atoms with Gasteiger partial charge in [0.2, 0.25) is 5.82 Å². The monoisotopic (exact) mass is 488 g/mol. The van der Waals surface area contributed by atoms with Crippen molar-refractivity contribution >= 4 is 23.2 Å². The molecule has 1 unspecified atom stereocenters. The largest absolute Gasteiger partial charge is 0.334 e. The van der Waals surface area contributed by atoms with E-state index in [1.807, 2.05) is 38.1 Å². The zero-order chi connectivity index (χ0) is 24.5. The van der Waals surface area contributed by atoms with Crippen LogP contribution in [-0.2, 0) is 6.54 Å². The molecule has 5 rings (SSSR count).